The van der Waals surface area contributed by atoms with Crippen molar-refractivity contribution in [1.29, 1.82) is 0 Å². The van der Waals surface area contributed by atoms with Crippen LogP contribution in [0, 0.1) is 0 Å². The van der Waals surface area contributed by atoms with Crippen molar-refractivity contribution in [3.05, 3.63) is 83.9 Å². The van der Waals surface area contributed by atoms with Crippen LogP contribution in [0.25, 0.3) is 12.2 Å². The molecule has 0 aliphatic rings. The largest absolute Gasteiger partial charge is 0.341 e. The van der Waals surface area contributed by atoms with Gasteiger partial charge in [-0.3, -0.25) is 0 Å². The lowest BCUT2D eigenvalue weighted by atomic mass is 10.1. The number of hydrogen-bond donors (Lipinski definition) is 0. The van der Waals surface area contributed by atoms with Gasteiger partial charge in [0.15, 0.2) is 10.3 Å². The van der Waals surface area contributed by atoms with E-state index in [1.807, 2.05) is 12.2 Å². The summed E-state index contributed by atoms with van der Waals surface area (Å²) in [4.78, 5) is 16.3. The Balaban J connectivity index is 1.75. The molecule has 0 N–H and O–H groups in total. The summed E-state index contributed by atoms with van der Waals surface area (Å²) in [5, 5.41) is 1.52. The molecule has 6 heteroatoms. The van der Waals surface area contributed by atoms with Gasteiger partial charge in [-0.05, 0) is 36.1 Å². The van der Waals surface area contributed by atoms with E-state index in [1.165, 1.54) is 11.1 Å². The van der Waals surface area contributed by atoms with Gasteiger partial charge in [0.05, 0.1) is 0 Å². The van der Waals surface area contributed by atoms with Crippen molar-refractivity contribution in [3.63, 3.8) is 0 Å². The van der Waals surface area contributed by atoms with Gasteiger partial charge in [-0.25, -0.2) is 0 Å². The van der Waals surface area contributed by atoms with Crippen LogP contribution in [-0.4, -0.2) is 28.0 Å². The van der Waals surface area contributed by atoms with E-state index in [4.69, 9.17) is 15.0 Å². The molecular weight excluding hydrogens is 420 g/mol. The van der Waals surface area contributed by atoms with Gasteiger partial charge in [-0.2, -0.15) is 15.0 Å². The molecule has 3 aromatic rings. The summed E-state index contributed by atoms with van der Waals surface area (Å²) in [6, 6.07) is 16.8. The molecule has 2 aromatic carbocycles. The zero-order valence-corrected chi connectivity index (χ0v) is 19.8. The second-order valence-corrected chi connectivity index (χ2v) is 8.73. The van der Waals surface area contributed by atoms with E-state index in [0.717, 1.165) is 52.0 Å². The Hall–Kier alpha value is -2.57. The van der Waals surface area contributed by atoms with Crippen molar-refractivity contribution in [2.45, 2.75) is 35.7 Å². The summed E-state index contributed by atoms with van der Waals surface area (Å²) in [6.45, 7) is 13.6. The first-order valence-corrected chi connectivity index (χ1v) is 12.3. The predicted octanol–water partition coefficient (Wildman–Crippen LogP) is 6.59. The molecular formula is C25H28N4S2. The normalized spacial score (nSPS) is 10.6. The maximum absolute atomic E-state index is 4.73. The average Bonchev–Trinajstić information content (AvgIpc) is 2.83. The zero-order valence-electron chi connectivity index (χ0n) is 18.1. The van der Waals surface area contributed by atoms with Crippen molar-refractivity contribution in [3.8, 4) is 0 Å². The van der Waals surface area contributed by atoms with Gasteiger partial charge in [0.2, 0.25) is 5.95 Å². The van der Waals surface area contributed by atoms with Crippen molar-refractivity contribution >= 4 is 41.6 Å². The van der Waals surface area contributed by atoms with Crippen molar-refractivity contribution in [2.75, 3.05) is 18.0 Å². The summed E-state index contributed by atoms with van der Waals surface area (Å²) >= 11 is 3.28. The predicted molar refractivity (Wildman–Crippen MR) is 136 cm³/mol. The number of rotatable bonds is 11. The number of aromatic nitrogens is 3. The quantitative estimate of drug-likeness (QED) is 0.308. The highest BCUT2D eigenvalue weighted by Crippen LogP contribution is 2.26. The molecule has 1 heterocycles. The van der Waals surface area contributed by atoms with Crippen LogP contribution in [0.5, 0.6) is 0 Å². The minimum atomic E-state index is 0.744. The Morgan fingerprint density at radius 1 is 0.710 bits per heavy atom. The van der Waals surface area contributed by atoms with Crippen molar-refractivity contribution < 1.29 is 0 Å². The Bertz CT molecular complexity index is 923. The van der Waals surface area contributed by atoms with E-state index in [2.05, 4.69) is 80.4 Å². The highest BCUT2D eigenvalue weighted by molar-refractivity contribution is 7.99. The molecule has 0 amide bonds. The SMILES string of the molecule is C=Cc1ccc(CSc2nc(SCc3ccc(C=C)cc3)nc(N(CC)CC)n2)cc1. The number of benzene rings is 2. The molecule has 0 spiro atoms. The fraction of sp³-hybridized carbons (Fsp3) is 0.240. The highest BCUT2D eigenvalue weighted by atomic mass is 32.2. The lowest BCUT2D eigenvalue weighted by Gasteiger charge is -2.19. The fourth-order valence-corrected chi connectivity index (χ4v) is 4.53. The molecule has 0 radical (unpaired) electrons. The standard InChI is InChI=1S/C25H28N4S2/c1-5-19-9-13-21(14-10-19)17-30-24-26-23(29(7-3)8-4)27-25(28-24)31-18-22-15-11-20(6-2)12-16-22/h5-6,9-16H,1-2,7-8,17-18H2,3-4H3. The van der Waals surface area contributed by atoms with Crippen LogP contribution >= 0.6 is 23.5 Å². The van der Waals surface area contributed by atoms with Crippen LogP contribution in [0.4, 0.5) is 5.95 Å². The summed E-state index contributed by atoms with van der Waals surface area (Å²) in [7, 11) is 0. The number of nitrogens with zero attached hydrogens (tertiary/aromatic N) is 4. The molecule has 0 fully saturated rings. The first-order chi connectivity index (χ1) is 15.1. The lowest BCUT2D eigenvalue weighted by molar-refractivity contribution is 0.736. The molecule has 0 aliphatic heterocycles. The van der Waals surface area contributed by atoms with Crippen LogP contribution < -0.4 is 4.90 Å². The van der Waals surface area contributed by atoms with Gasteiger partial charge < -0.3 is 4.90 Å². The molecule has 0 unspecified atom stereocenters. The van der Waals surface area contributed by atoms with Crippen LogP contribution in [0.3, 0.4) is 0 Å². The Morgan fingerprint density at radius 3 is 1.48 bits per heavy atom. The monoisotopic (exact) mass is 448 g/mol. The molecule has 0 bridgehead atoms. The minimum absolute atomic E-state index is 0.744. The second-order valence-electron chi connectivity index (χ2n) is 6.84. The van der Waals surface area contributed by atoms with E-state index in [9.17, 15) is 0 Å². The van der Waals surface area contributed by atoms with Gasteiger partial charge in [0.1, 0.15) is 0 Å². The van der Waals surface area contributed by atoms with Crippen LogP contribution in [-0.2, 0) is 11.5 Å². The molecule has 0 aliphatic carbocycles. The smallest absolute Gasteiger partial charge is 0.230 e. The molecule has 1 aromatic heterocycles. The third-order valence-electron chi connectivity index (χ3n) is 4.80. The average molecular weight is 449 g/mol. The van der Waals surface area contributed by atoms with Gasteiger partial charge in [-0.1, -0.05) is 97.4 Å². The van der Waals surface area contributed by atoms with Crippen molar-refractivity contribution in [2.24, 2.45) is 0 Å². The van der Waals surface area contributed by atoms with Crippen LogP contribution in [0.15, 0.2) is 72.0 Å². The third kappa shape index (κ3) is 6.71. The topological polar surface area (TPSA) is 41.9 Å². The summed E-state index contributed by atoms with van der Waals surface area (Å²) in [5.74, 6) is 2.37. The first kappa shape index (κ1) is 23.1. The fourth-order valence-electron chi connectivity index (χ4n) is 2.90. The number of anilines is 1. The van der Waals surface area contributed by atoms with Crippen LogP contribution in [0.2, 0.25) is 0 Å². The van der Waals surface area contributed by atoms with Gasteiger partial charge in [0, 0.05) is 24.6 Å². The summed E-state index contributed by atoms with van der Waals surface area (Å²) < 4.78 is 0. The first-order valence-electron chi connectivity index (χ1n) is 10.3. The maximum atomic E-state index is 4.73. The summed E-state index contributed by atoms with van der Waals surface area (Å²) in [6.07, 6.45) is 3.71. The highest BCUT2D eigenvalue weighted by Gasteiger charge is 2.12. The molecule has 31 heavy (non-hydrogen) atoms. The Kier molecular flexibility index (Phi) is 8.74. The third-order valence-corrected chi connectivity index (χ3v) is 6.63. The van der Waals surface area contributed by atoms with Gasteiger partial charge >= 0.3 is 0 Å². The van der Waals surface area contributed by atoms with Gasteiger partial charge in [0.25, 0.3) is 0 Å². The zero-order chi connectivity index (χ0) is 22.1. The molecule has 4 nitrogen and oxygen atoms in total. The van der Waals surface area contributed by atoms with E-state index < -0.39 is 0 Å². The molecule has 0 atom stereocenters. The maximum Gasteiger partial charge on any atom is 0.230 e. The molecule has 0 saturated heterocycles. The van der Waals surface area contributed by atoms with E-state index in [1.54, 1.807) is 23.5 Å². The van der Waals surface area contributed by atoms with Gasteiger partial charge in [-0.15, -0.1) is 0 Å². The van der Waals surface area contributed by atoms with Crippen molar-refractivity contribution in [1.82, 2.24) is 15.0 Å². The van der Waals surface area contributed by atoms with E-state index in [0.29, 0.717) is 0 Å². The summed E-state index contributed by atoms with van der Waals surface area (Å²) in [5.41, 5.74) is 4.71. The lowest BCUT2D eigenvalue weighted by Crippen LogP contribution is -2.24. The molecule has 160 valence electrons. The Morgan fingerprint density at radius 2 is 1.13 bits per heavy atom. The van der Waals surface area contributed by atoms with E-state index in [-0.39, 0.29) is 0 Å². The number of thioether (sulfide) groups is 2. The van der Waals surface area contributed by atoms with Crippen LogP contribution in [0.1, 0.15) is 36.1 Å². The number of hydrogen-bond acceptors (Lipinski definition) is 6. The second kappa shape index (κ2) is 11.7. The van der Waals surface area contributed by atoms with E-state index >= 15 is 0 Å². The molecule has 3 rings (SSSR count). The minimum Gasteiger partial charge on any atom is -0.341 e. The molecule has 0 saturated carbocycles. The Labute approximate surface area is 193 Å².